The highest BCUT2D eigenvalue weighted by Crippen LogP contribution is 2.22. The van der Waals surface area contributed by atoms with Crippen LogP contribution in [0.25, 0.3) is 0 Å². The number of nitrogens with two attached hydrogens (primary N) is 1. The smallest absolute Gasteiger partial charge is 0.238 e. The van der Waals surface area contributed by atoms with Gasteiger partial charge in [-0.3, -0.25) is 4.79 Å². The van der Waals surface area contributed by atoms with Crippen molar-refractivity contribution in [2.75, 3.05) is 5.32 Å². The van der Waals surface area contributed by atoms with Gasteiger partial charge in [0.05, 0.1) is 4.99 Å². The lowest BCUT2D eigenvalue weighted by atomic mass is 9.98. The molecule has 6 heteroatoms. The third-order valence-corrected chi connectivity index (χ3v) is 3.26. The van der Waals surface area contributed by atoms with Gasteiger partial charge in [-0.1, -0.05) is 54.2 Å². The second-order valence-corrected chi connectivity index (χ2v) is 5.30. The molecule has 0 aliphatic rings. The fourth-order valence-corrected chi connectivity index (χ4v) is 2.40. The van der Waals surface area contributed by atoms with E-state index >= 15 is 0 Å². The minimum absolute atomic E-state index is 0.0428. The van der Waals surface area contributed by atoms with Crippen molar-refractivity contribution >= 4 is 40.4 Å². The largest absolute Gasteiger partial charge is 0.392 e. The topological polar surface area (TPSA) is 55.1 Å². The maximum absolute atomic E-state index is 13.3. The Kier molecular flexibility index (Phi) is 4.88. The number of anilines is 1. The van der Waals surface area contributed by atoms with E-state index in [4.69, 9.17) is 29.6 Å². The summed E-state index contributed by atoms with van der Waals surface area (Å²) in [5.74, 6) is -1.76. The Balaban J connectivity index is 2.26. The average molecular weight is 323 g/mol. The third kappa shape index (κ3) is 4.00. The first-order chi connectivity index (χ1) is 9.97. The lowest BCUT2D eigenvalue weighted by Crippen LogP contribution is -2.31. The van der Waals surface area contributed by atoms with Crippen molar-refractivity contribution in [2.24, 2.45) is 5.73 Å². The van der Waals surface area contributed by atoms with E-state index in [0.29, 0.717) is 5.56 Å². The van der Waals surface area contributed by atoms with Crippen LogP contribution in [0.15, 0.2) is 48.5 Å². The van der Waals surface area contributed by atoms with Crippen molar-refractivity contribution in [2.45, 2.75) is 5.92 Å². The van der Waals surface area contributed by atoms with Crippen LogP contribution in [-0.4, -0.2) is 10.9 Å². The maximum atomic E-state index is 13.3. The van der Waals surface area contributed by atoms with Crippen LogP contribution in [0, 0.1) is 5.82 Å². The van der Waals surface area contributed by atoms with Gasteiger partial charge in [0.2, 0.25) is 5.91 Å². The average Bonchev–Trinajstić information content (AvgIpc) is 2.38. The minimum Gasteiger partial charge on any atom is -0.392 e. The number of thiocarbonyl (C=S) groups is 1. The Hall–Kier alpha value is -1.98. The number of carbonyl (C=O) groups excluding carboxylic acids is 1. The van der Waals surface area contributed by atoms with Gasteiger partial charge in [0.15, 0.2) is 0 Å². The summed E-state index contributed by atoms with van der Waals surface area (Å²) in [4.78, 5) is 12.4. The first kappa shape index (κ1) is 15.4. The summed E-state index contributed by atoms with van der Waals surface area (Å²) < 4.78 is 13.3. The predicted molar refractivity (Wildman–Crippen MR) is 86.0 cm³/mol. The van der Waals surface area contributed by atoms with Crippen molar-refractivity contribution in [1.29, 1.82) is 0 Å². The molecule has 0 saturated carbocycles. The van der Waals surface area contributed by atoms with Crippen molar-refractivity contribution < 1.29 is 9.18 Å². The van der Waals surface area contributed by atoms with Crippen LogP contribution in [0.5, 0.6) is 0 Å². The highest BCUT2D eigenvalue weighted by Gasteiger charge is 2.23. The maximum Gasteiger partial charge on any atom is 0.238 e. The lowest BCUT2D eigenvalue weighted by Gasteiger charge is -2.16. The second-order valence-electron chi connectivity index (χ2n) is 4.39. The molecule has 0 heterocycles. The van der Waals surface area contributed by atoms with Crippen LogP contribution in [0.2, 0.25) is 5.02 Å². The van der Waals surface area contributed by atoms with Crippen molar-refractivity contribution in [3.63, 3.8) is 0 Å². The number of halogens is 2. The Morgan fingerprint density at radius 2 is 1.90 bits per heavy atom. The molecule has 2 aromatic carbocycles. The number of carbonyl (C=O) groups is 1. The van der Waals surface area contributed by atoms with Gasteiger partial charge in [0.1, 0.15) is 11.7 Å². The van der Waals surface area contributed by atoms with E-state index in [2.05, 4.69) is 5.32 Å². The Bertz CT molecular complexity index is 658. The molecular formula is C15H12ClFN2OS. The Morgan fingerprint density at radius 1 is 1.24 bits per heavy atom. The van der Waals surface area contributed by atoms with Gasteiger partial charge < -0.3 is 11.1 Å². The zero-order chi connectivity index (χ0) is 15.4. The van der Waals surface area contributed by atoms with Gasteiger partial charge in [-0.15, -0.1) is 0 Å². The first-order valence-corrected chi connectivity index (χ1v) is 6.87. The van der Waals surface area contributed by atoms with E-state index in [1.807, 2.05) is 6.07 Å². The summed E-state index contributed by atoms with van der Waals surface area (Å²) in [7, 11) is 0. The van der Waals surface area contributed by atoms with E-state index in [9.17, 15) is 9.18 Å². The minimum atomic E-state index is -0.789. The zero-order valence-corrected chi connectivity index (χ0v) is 12.4. The molecule has 0 fully saturated rings. The molecule has 3 nitrogen and oxygen atoms in total. The highest BCUT2D eigenvalue weighted by atomic mass is 35.5. The van der Waals surface area contributed by atoms with Gasteiger partial charge >= 0.3 is 0 Å². The van der Waals surface area contributed by atoms with Crippen LogP contribution in [-0.2, 0) is 4.79 Å². The predicted octanol–water partition coefficient (Wildman–Crippen LogP) is 3.49. The van der Waals surface area contributed by atoms with Gasteiger partial charge in [0, 0.05) is 10.7 Å². The number of rotatable bonds is 4. The summed E-state index contributed by atoms with van der Waals surface area (Å²) >= 11 is 10.7. The zero-order valence-electron chi connectivity index (χ0n) is 10.8. The molecule has 108 valence electrons. The van der Waals surface area contributed by atoms with Gasteiger partial charge in [0.25, 0.3) is 0 Å². The summed E-state index contributed by atoms with van der Waals surface area (Å²) in [5.41, 5.74) is 6.58. The summed E-state index contributed by atoms with van der Waals surface area (Å²) in [6.07, 6.45) is 0. The molecule has 0 spiro atoms. The second kappa shape index (κ2) is 6.65. The molecular weight excluding hydrogens is 311 g/mol. The van der Waals surface area contributed by atoms with Crippen molar-refractivity contribution in [3.05, 3.63) is 64.9 Å². The van der Waals surface area contributed by atoms with Crippen LogP contribution in [0.4, 0.5) is 10.1 Å². The van der Waals surface area contributed by atoms with Gasteiger partial charge in [-0.25, -0.2) is 4.39 Å². The van der Waals surface area contributed by atoms with E-state index < -0.39 is 17.6 Å². The molecule has 2 aromatic rings. The van der Waals surface area contributed by atoms with Crippen LogP contribution in [0.1, 0.15) is 11.5 Å². The molecule has 1 unspecified atom stereocenters. The number of amides is 1. The molecule has 0 saturated heterocycles. The molecule has 21 heavy (non-hydrogen) atoms. The first-order valence-electron chi connectivity index (χ1n) is 6.08. The monoisotopic (exact) mass is 322 g/mol. The highest BCUT2D eigenvalue weighted by molar-refractivity contribution is 7.80. The normalized spacial score (nSPS) is 11.7. The number of hydrogen-bond acceptors (Lipinski definition) is 2. The summed E-state index contributed by atoms with van der Waals surface area (Å²) in [5, 5.41) is 2.76. The SMILES string of the molecule is NC(=S)C(C(=O)Nc1cc(F)cc(Cl)c1)c1ccccc1. The number of nitrogens with one attached hydrogen (secondary N) is 1. The molecule has 1 atom stereocenters. The molecule has 0 aliphatic heterocycles. The van der Waals surface area contributed by atoms with Crippen LogP contribution >= 0.6 is 23.8 Å². The van der Waals surface area contributed by atoms with E-state index in [1.165, 1.54) is 12.1 Å². The molecule has 0 aliphatic carbocycles. The standard InChI is InChI=1S/C15H12ClFN2OS/c16-10-6-11(17)8-12(7-10)19-15(20)13(14(18)21)9-4-2-1-3-5-9/h1-8,13H,(H2,18,21)(H,19,20). The quantitative estimate of drug-likeness (QED) is 0.847. The molecule has 0 aromatic heterocycles. The fourth-order valence-electron chi connectivity index (χ4n) is 1.93. The van der Waals surface area contributed by atoms with Crippen molar-refractivity contribution in [1.82, 2.24) is 0 Å². The summed E-state index contributed by atoms with van der Waals surface area (Å²) in [6.45, 7) is 0. The Labute approximate surface area is 131 Å². The van der Waals surface area contributed by atoms with E-state index in [0.717, 1.165) is 6.07 Å². The molecule has 3 N–H and O–H groups in total. The van der Waals surface area contributed by atoms with E-state index in [1.54, 1.807) is 24.3 Å². The summed E-state index contributed by atoms with van der Waals surface area (Å²) in [6, 6.07) is 12.7. The third-order valence-electron chi connectivity index (χ3n) is 2.81. The molecule has 0 bridgehead atoms. The lowest BCUT2D eigenvalue weighted by molar-refractivity contribution is -0.116. The molecule has 0 radical (unpaired) electrons. The molecule has 1 amide bonds. The Morgan fingerprint density at radius 3 is 2.48 bits per heavy atom. The fraction of sp³-hybridized carbons (Fsp3) is 0.0667. The number of hydrogen-bond donors (Lipinski definition) is 2. The van der Waals surface area contributed by atoms with Crippen LogP contribution < -0.4 is 11.1 Å². The van der Waals surface area contributed by atoms with Gasteiger partial charge in [-0.2, -0.15) is 0 Å². The van der Waals surface area contributed by atoms with Gasteiger partial charge in [-0.05, 0) is 23.8 Å². The number of benzene rings is 2. The van der Waals surface area contributed by atoms with Crippen molar-refractivity contribution in [3.8, 4) is 0 Å². The molecule has 2 rings (SSSR count). The van der Waals surface area contributed by atoms with Crippen LogP contribution in [0.3, 0.4) is 0 Å². The van der Waals surface area contributed by atoms with E-state index in [-0.39, 0.29) is 15.7 Å².